The van der Waals surface area contributed by atoms with Gasteiger partial charge in [-0.25, -0.2) is 0 Å². The van der Waals surface area contributed by atoms with Gasteiger partial charge in [-0.1, -0.05) is 11.6 Å². The first-order chi connectivity index (χ1) is 10.5. The van der Waals surface area contributed by atoms with E-state index in [4.69, 9.17) is 10.1 Å². The van der Waals surface area contributed by atoms with Crippen molar-refractivity contribution >= 4 is 16.9 Å². The molecule has 1 aromatic carbocycles. The lowest BCUT2D eigenvalue weighted by atomic mass is 9.91. The van der Waals surface area contributed by atoms with Crippen LogP contribution in [0, 0.1) is 13.8 Å². The highest BCUT2D eigenvalue weighted by Crippen LogP contribution is 2.31. The summed E-state index contributed by atoms with van der Waals surface area (Å²) >= 11 is 0. The maximum atomic E-state index is 11.0. The van der Waals surface area contributed by atoms with Crippen molar-refractivity contribution < 1.29 is 9.90 Å². The molecule has 1 aromatic heterocycles. The van der Waals surface area contributed by atoms with Crippen LogP contribution in [0.5, 0.6) is 0 Å². The summed E-state index contributed by atoms with van der Waals surface area (Å²) in [6.45, 7) is 6.04. The van der Waals surface area contributed by atoms with E-state index in [2.05, 4.69) is 37.9 Å². The van der Waals surface area contributed by atoms with Crippen LogP contribution in [0.4, 0.5) is 0 Å². The SMILES string of the molecule is Cc1cc(C)c2nc3c(c(CCC(=O)O)c2c1)CN(C)CC3. The predicted molar refractivity (Wildman–Crippen MR) is 87.2 cm³/mol. The molecular weight excluding hydrogens is 276 g/mol. The molecule has 116 valence electrons. The van der Waals surface area contributed by atoms with Crippen molar-refractivity contribution in [2.45, 2.75) is 39.7 Å². The summed E-state index contributed by atoms with van der Waals surface area (Å²) in [5, 5.41) is 10.2. The first-order valence-corrected chi connectivity index (χ1v) is 7.77. The van der Waals surface area contributed by atoms with Gasteiger partial charge in [-0.05, 0) is 50.1 Å². The summed E-state index contributed by atoms with van der Waals surface area (Å²) in [6.07, 6.45) is 1.69. The molecule has 1 aliphatic rings. The van der Waals surface area contributed by atoms with Gasteiger partial charge in [0.2, 0.25) is 0 Å². The van der Waals surface area contributed by atoms with E-state index in [1.54, 1.807) is 0 Å². The fraction of sp³-hybridized carbons (Fsp3) is 0.444. The van der Waals surface area contributed by atoms with Crippen LogP contribution in [-0.2, 0) is 24.2 Å². The molecule has 0 fully saturated rings. The second kappa shape index (κ2) is 5.69. The van der Waals surface area contributed by atoms with Gasteiger partial charge in [0.15, 0.2) is 0 Å². The number of benzene rings is 1. The van der Waals surface area contributed by atoms with Crippen molar-refractivity contribution in [3.05, 3.63) is 40.1 Å². The van der Waals surface area contributed by atoms with E-state index in [0.29, 0.717) is 6.42 Å². The van der Waals surface area contributed by atoms with Gasteiger partial charge in [0.1, 0.15) is 0 Å². The van der Waals surface area contributed by atoms with Gasteiger partial charge in [0.05, 0.1) is 5.52 Å². The third kappa shape index (κ3) is 2.71. The Labute approximate surface area is 130 Å². The highest BCUT2D eigenvalue weighted by molar-refractivity contribution is 5.87. The van der Waals surface area contributed by atoms with Crippen molar-refractivity contribution in [3.63, 3.8) is 0 Å². The molecule has 1 N–H and O–H groups in total. The van der Waals surface area contributed by atoms with Crippen LogP contribution in [-0.4, -0.2) is 34.6 Å². The molecule has 2 aromatic rings. The van der Waals surface area contributed by atoms with Crippen LogP contribution in [0.2, 0.25) is 0 Å². The fourth-order valence-corrected chi connectivity index (χ4v) is 3.43. The third-order valence-electron chi connectivity index (χ3n) is 4.48. The number of pyridine rings is 1. The first-order valence-electron chi connectivity index (χ1n) is 7.77. The number of hydrogen-bond donors (Lipinski definition) is 1. The number of nitrogens with zero attached hydrogens (tertiary/aromatic N) is 2. The van der Waals surface area contributed by atoms with E-state index < -0.39 is 5.97 Å². The zero-order chi connectivity index (χ0) is 15.9. The number of hydrogen-bond acceptors (Lipinski definition) is 3. The lowest BCUT2D eigenvalue weighted by Crippen LogP contribution is -2.28. The number of carboxylic acid groups (broad SMARTS) is 1. The van der Waals surface area contributed by atoms with E-state index in [9.17, 15) is 4.79 Å². The topological polar surface area (TPSA) is 53.4 Å². The summed E-state index contributed by atoms with van der Waals surface area (Å²) in [5.74, 6) is -0.743. The Balaban J connectivity index is 2.24. The van der Waals surface area contributed by atoms with Crippen LogP contribution >= 0.6 is 0 Å². The number of fused-ring (bicyclic) bond motifs is 2. The fourth-order valence-electron chi connectivity index (χ4n) is 3.43. The number of carboxylic acids is 1. The molecule has 1 aliphatic heterocycles. The Morgan fingerprint density at radius 1 is 1.36 bits per heavy atom. The lowest BCUT2D eigenvalue weighted by molar-refractivity contribution is -0.136. The molecule has 0 saturated heterocycles. The summed E-state index contributed by atoms with van der Waals surface area (Å²) < 4.78 is 0. The van der Waals surface area contributed by atoms with Crippen LogP contribution in [0.1, 0.15) is 34.4 Å². The van der Waals surface area contributed by atoms with E-state index in [1.165, 1.54) is 22.3 Å². The molecule has 22 heavy (non-hydrogen) atoms. The van der Waals surface area contributed by atoms with Crippen LogP contribution in [0.25, 0.3) is 10.9 Å². The smallest absolute Gasteiger partial charge is 0.303 e. The second-order valence-corrected chi connectivity index (χ2v) is 6.38. The molecule has 0 amide bonds. The average Bonchev–Trinajstić information content (AvgIpc) is 2.44. The maximum Gasteiger partial charge on any atom is 0.303 e. The van der Waals surface area contributed by atoms with E-state index in [0.717, 1.165) is 36.1 Å². The zero-order valence-corrected chi connectivity index (χ0v) is 13.4. The minimum absolute atomic E-state index is 0.169. The van der Waals surface area contributed by atoms with Crippen molar-refractivity contribution in [1.29, 1.82) is 0 Å². The van der Waals surface area contributed by atoms with Crippen LogP contribution in [0.15, 0.2) is 12.1 Å². The number of carbonyl (C=O) groups is 1. The number of likely N-dealkylation sites (N-methyl/N-ethyl adjacent to an activating group) is 1. The Bertz CT molecular complexity index is 753. The lowest BCUT2D eigenvalue weighted by Gasteiger charge is -2.27. The molecule has 0 unspecified atom stereocenters. The molecule has 4 heteroatoms. The van der Waals surface area contributed by atoms with Gasteiger partial charge >= 0.3 is 5.97 Å². The van der Waals surface area contributed by atoms with Crippen molar-refractivity contribution in [2.24, 2.45) is 0 Å². The van der Waals surface area contributed by atoms with Crippen molar-refractivity contribution in [2.75, 3.05) is 13.6 Å². The van der Waals surface area contributed by atoms with Gasteiger partial charge in [0, 0.05) is 37.0 Å². The molecule has 0 radical (unpaired) electrons. The molecule has 0 spiro atoms. The quantitative estimate of drug-likeness (QED) is 0.946. The number of aliphatic carboxylic acids is 1. The minimum Gasteiger partial charge on any atom is -0.481 e. The molecule has 0 saturated carbocycles. The summed E-state index contributed by atoms with van der Waals surface area (Å²) in [4.78, 5) is 18.2. The van der Waals surface area contributed by atoms with Gasteiger partial charge in [-0.2, -0.15) is 0 Å². The van der Waals surface area contributed by atoms with Gasteiger partial charge in [-0.3, -0.25) is 9.78 Å². The molecular formula is C18H22N2O2. The van der Waals surface area contributed by atoms with Crippen LogP contribution in [0.3, 0.4) is 0 Å². The highest BCUT2D eigenvalue weighted by atomic mass is 16.4. The van der Waals surface area contributed by atoms with Crippen molar-refractivity contribution in [3.8, 4) is 0 Å². The number of aryl methyl sites for hydroxylation is 3. The summed E-state index contributed by atoms with van der Waals surface area (Å²) in [6, 6.07) is 4.30. The summed E-state index contributed by atoms with van der Waals surface area (Å²) in [5.41, 5.74) is 6.99. The van der Waals surface area contributed by atoms with Crippen LogP contribution < -0.4 is 0 Å². The minimum atomic E-state index is -0.743. The first kappa shape index (κ1) is 15.0. The zero-order valence-electron chi connectivity index (χ0n) is 13.4. The standard InChI is InChI=1S/C18H22N2O2/c1-11-8-12(2)18-14(9-11)13(4-5-17(21)22)15-10-20(3)7-6-16(15)19-18/h8-9H,4-7,10H2,1-3H3,(H,21,22). The Morgan fingerprint density at radius 3 is 2.86 bits per heavy atom. The molecule has 0 atom stereocenters. The molecule has 2 heterocycles. The highest BCUT2D eigenvalue weighted by Gasteiger charge is 2.21. The second-order valence-electron chi connectivity index (χ2n) is 6.38. The molecule has 4 nitrogen and oxygen atoms in total. The molecule has 3 rings (SSSR count). The molecule has 0 bridgehead atoms. The normalized spacial score (nSPS) is 15.0. The average molecular weight is 298 g/mol. The van der Waals surface area contributed by atoms with Gasteiger partial charge in [0.25, 0.3) is 0 Å². The monoisotopic (exact) mass is 298 g/mol. The summed E-state index contributed by atoms with van der Waals surface area (Å²) in [7, 11) is 2.11. The Morgan fingerprint density at radius 2 is 2.14 bits per heavy atom. The Kier molecular flexibility index (Phi) is 3.87. The van der Waals surface area contributed by atoms with E-state index in [1.807, 2.05) is 0 Å². The largest absolute Gasteiger partial charge is 0.481 e. The van der Waals surface area contributed by atoms with E-state index >= 15 is 0 Å². The third-order valence-corrected chi connectivity index (χ3v) is 4.48. The number of aromatic nitrogens is 1. The Hall–Kier alpha value is -1.94. The predicted octanol–water partition coefficient (Wildman–Crippen LogP) is 2.86. The van der Waals surface area contributed by atoms with Gasteiger partial charge < -0.3 is 10.0 Å². The van der Waals surface area contributed by atoms with Crippen molar-refractivity contribution in [1.82, 2.24) is 9.88 Å². The van der Waals surface area contributed by atoms with Gasteiger partial charge in [-0.15, -0.1) is 0 Å². The molecule has 0 aliphatic carbocycles. The maximum absolute atomic E-state index is 11.0. The van der Waals surface area contributed by atoms with E-state index in [-0.39, 0.29) is 6.42 Å². The number of rotatable bonds is 3.